The molecule has 4 aliphatic rings. The van der Waals surface area contributed by atoms with Gasteiger partial charge in [-0.1, -0.05) is 91.5 Å². The Morgan fingerprint density at radius 3 is 2.46 bits per heavy atom. The SMILES string of the molecule is C=CCCC(=O)N[C@@H](C)[C@H](OC(=O)[C@H]1[C@@H]2O[C@@]3(CC2Br)[C@@H]1C(=O)N([C@@H](CO)CC(C)C)[C@@H]3C(=O)N(CC=C)C1CCCCC1)c1ccccc1. The second-order valence-electron chi connectivity index (χ2n) is 14.9. The molecule has 3 heterocycles. The number of fused-ring (bicyclic) bond motifs is 1. The molecule has 1 aromatic carbocycles. The number of ether oxygens (including phenoxy) is 2. The van der Waals surface area contributed by atoms with Crippen LogP contribution < -0.4 is 5.32 Å². The summed E-state index contributed by atoms with van der Waals surface area (Å²) in [7, 11) is 0. The van der Waals surface area contributed by atoms with Crippen LogP contribution in [0.15, 0.2) is 55.6 Å². The minimum atomic E-state index is -1.29. The lowest BCUT2D eigenvalue weighted by atomic mass is 9.70. The molecule has 1 spiro atoms. The molecule has 0 radical (unpaired) electrons. The summed E-state index contributed by atoms with van der Waals surface area (Å²) in [5, 5.41) is 13.7. The summed E-state index contributed by atoms with van der Waals surface area (Å²) in [4.78, 5) is 60.1. The fraction of sp³-hybridized carbons (Fsp3) is 0.641. The maximum absolute atomic E-state index is 15.0. The van der Waals surface area contributed by atoms with Crippen molar-refractivity contribution in [3.8, 4) is 0 Å². The average Bonchev–Trinajstić information content (AvgIpc) is 3.70. The Morgan fingerprint density at radius 1 is 1.14 bits per heavy atom. The Balaban J connectivity index is 1.52. The van der Waals surface area contributed by atoms with E-state index in [4.69, 9.17) is 9.47 Å². The fourth-order valence-electron chi connectivity index (χ4n) is 8.88. The van der Waals surface area contributed by atoms with Gasteiger partial charge in [0, 0.05) is 23.8 Å². The average molecular weight is 757 g/mol. The maximum atomic E-state index is 15.0. The molecule has 50 heavy (non-hydrogen) atoms. The highest BCUT2D eigenvalue weighted by Gasteiger charge is 2.77. The van der Waals surface area contributed by atoms with Gasteiger partial charge in [-0.15, -0.1) is 13.2 Å². The third kappa shape index (κ3) is 7.46. The van der Waals surface area contributed by atoms with Crippen LogP contribution in [0.1, 0.15) is 90.2 Å². The molecule has 3 saturated heterocycles. The Bertz CT molecular complexity index is 1400. The molecule has 4 fully saturated rings. The number of aliphatic hydroxyl groups is 1. The number of carbonyl (C=O) groups is 4. The normalized spacial score (nSPS) is 29.3. The highest BCUT2D eigenvalue weighted by atomic mass is 79.9. The predicted octanol–water partition coefficient (Wildman–Crippen LogP) is 5.24. The van der Waals surface area contributed by atoms with E-state index >= 15 is 0 Å². The number of hydrogen-bond donors (Lipinski definition) is 2. The molecule has 11 heteroatoms. The van der Waals surface area contributed by atoms with Crippen LogP contribution in [0.4, 0.5) is 0 Å². The summed E-state index contributed by atoms with van der Waals surface area (Å²) in [6.07, 6.45) is 8.35. The number of carbonyl (C=O) groups excluding carboxylic acids is 4. The van der Waals surface area contributed by atoms with E-state index in [1.54, 1.807) is 24.0 Å². The number of nitrogens with zero attached hydrogens (tertiary/aromatic N) is 2. The lowest BCUT2D eigenvalue weighted by Gasteiger charge is -2.42. The van der Waals surface area contributed by atoms with E-state index in [2.05, 4.69) is 34.4 Å². The van der Waals surface area contributed by atoms with E-state index in [0.717, 1.165) is 32.1 Å². The first-order valence-corrected chi connectivity index (χ1v) is 19.2. The Hall–Kier alpha value is -3.02. The first-order valence-electron chi connectivity index (χ1n) is 18.3. The third-order valence-electron chi connectivity index (χ3n) is 11.0. The molecule has 1 saturated carbocycles. The molecule has 9 atom stereocenters. The van der Waals surface area contributed by atoms with E-state index < -0.39 is 53.7 Å². The number of halogens is 1. The van der Waals surface area contributed by atoms with Crippen LogP contribution >= 0.6 is 15.9 Å². The second kappa shape index (κ2) is 16.5. The summed E-state index contributed by atoms with van der Waals surface area (Å²) in [6.45, 7) is 13.5. The van der Waals surface area contributed by atoms with Gasteiger partial charge in [0.15, 0.2) is 0 Å². The van der Waals surface area contributed by atoms with Crippen LogP contribution in [0.3, 0.4) is 0 Å². The van der Waals surface area contributed by atoms with Gasteiger partial charge in [-0.2, -0.15) is 0 Å². The van der Waals surface area contributed by atoms with Gasteiger partial charge in [-0.25, -0.2) is 0 Å². The van der Waals surface area contributed by atoms with Crippen molar-refractivity contribution in [1.29, 1.82) is 0 Å². The quantitative estimate of drug-likeness (QED) is 0.134. The van der Waals surface area contributed by atoms with E-state index in [-0.39, 0.29) is 47.5 Å². The highest BCUT2D eigenvalue weighted by Crippen LogP contribution is 2.61. The zero-order valence-electron chi connectivity index (χ0n) is 29.7. The smallest absolute Gasteiger partial charge is 0.313 e. The molecule has 2 bridgehead atoms. The van der Waals surface area contributed by atoms with Gasteiger partial charge in [0.25, 0.3) is 0 Å². The molecule has 1 unspecified atom stereocenters. The summed E-state index contributed by atoms with van der Waals surface area (Å²) < 4.78 is 13.1. The number of hydrogen-bond acceptors (Lipinski definition) is 7. The van der Waals surface area contributed by atoms with Crippen LogP contribution in [-0.4, -0.2) is 92.4 Å². The van der Waals surface area contributed by atoms with Gasteiger partial charge in [-0.05, 0) is 50.5 Å². The topological polar surface area (TPSA) is 125 Å². The van der Waals surface area contributed by atoms with Crippen LogP contribution in [0.25, 0.3) is 0 Å². The van der Waals surface area contributed by atoms with Gasteiger partial charge in [0.2, 0.25) is 17.7 Å². The Kier molecular flexibility index (Phi) is 12.6. The van der Waals surface area contributed by atoms with Gasteiger partial charge in [0.1, 0.15) is 17.7 Å². The molecule has 274 valence electrons. The van der Waals surface area contributed by atoms with Crippen molar-refractivity contribution in [2.24, 2.45) is 17.8 Å². The van der Waals surface area contributed by atoms with Crippen molar-refractivity contribution in [1.82, 2.24) is 15.1 Å². The van der Waals surface area contributed by atoms with E-state index in [9.17, 15) is 24.3 Å². The number of rotatable bonds is 16. The van der Waals surface area contributed by atoms with Gasteiger partial charge in [-0.3, -0.25) is 19.2 Å². The zero-order valence-corrected chi connectivity index (χ0v) is 31.3. The first-order chi connectivity index (χ1) is 24.0. The zero-order chi connectivity index (χ0) is 36.2. The largest absolute Gasteiger partial charge is 0.455 e. The molecule has 3 amide bonds. The van der Waals surface area contributed by atoms with Crippen molar-refractivity contribution >= 4 is 39.6 Å². The number of nitrogens with one attached hydrogen (secondary N) is 1. The lowest BCUT2D eigenvalue weighted by molar-refractivity contribution is -0.162. The summed E-state index contributed by atoms with van der Waals surface area (Å²) in [5.74, 6) is -3.24. The van der Waals surface area contributed by atoms with Crippen LogP contribution in [0.5, 0.6) is 0 Å². The number of esters is 1. The Labute approximate surface area is 305 Å². The van der Waals surface area contributed by atoms with Gasteiger partial charge >= 0.3 is 5.97 Å². The van der Waals surface area contributed by atoms with E-state index in [0.29, 0.717) is 31.4 Å². The van der Waals surface area contributed by atoms with Gasteiger partial charge < -0.3 is 29.7 Å². The van der Waals surface area contributed by atoms with Crippen molar-refractivity contribution < 1.29 is 33.8 Å². The highest BCUT2D eigenvalue weighted by molar-refractivity contribution is 9.09. The Morgan fingerprint density at radius 2 is 1.84 bits per heavy atom. The molecular weight excluding hydrogens is 702 g/mol. The second-order valence-corrected chi connectivity index (χ2v) is 16.1. The monoisotopic (exact) mass is 755 g/mol. The maximum Gasteiger partial charge on any atom is 0.313 e. The summed E-state index contributed by atoms with van der Waals surface area (Å²) in [6, 6.07) is 6.99. The number of aliphatic hydroxyl groups excluding tert-OH is 1. The molecule has 5 rings (SSSR count). The summed E-state index contributed by atoms with van der Waals surface area (Å²) >= 11 is 3.77. The minimum absolute atomic E-state index is 0.00766. The lowest BCUT2D eigenvalue weighted by Crippen LogP contribution is -2.60. The van der Waals surface area contributed by atoms with Crippen LogP contribution in [0.2, 0.25) is 0 Å². The summed E-state index contributed by atoms with van der Waals surface area (Å²) in [5.41, 5.74) is -0.592. The molecule has 10 nitrogen and oxygen atoms in total. The first kappa shape index (κ1) is 38.2. The fourth-order valence-corrected chi connectivity index (χ4v) is 9.82. The number of benzene rings is 1. The van der Waals surface area contributed by atoms with Crippen molar-refractivity contribution in [2.75, 3.05) is 13.2 Å². The van der Waals surface area contributed by atoms with E-state index in [1.165, 1.54) is 0 Å². The van der Waals surface area contributed by atoms with Crippen LogP contribution in [0, 0.1) is 17.8 Å². The molecular formula is C39H54BrN3O7. The van der Waals surface area contributed by atoms with Crippen molar-refractivity contribution in [3.05, 3.63) is 61.2 Å². The molecule has 3 aliphatic heterocycles. The number of allylic oxidation sites excluding steroid dienone is 1. The van der Waals surface area contributed by atoms with Crippen LogP contribution in [-0.2, 0) is 28.7 Å². The molecule has 1 aromatic rings. The predicted molar refractivity (Wildman–Crippen MR) is 194 cm³/mol. The number of alkyl halides is 1. The standard InChI is InChI=1S/C39H54BrN3O7/c1-6-8-19-30(45)41-25(5)33(26-15-11-9-12-16-26)49-38(48)31-32-36(46)43(28(23-44)21-24(3)4)35(39(32)22-29(40)34(31)50-39)37(47)42(20-7-2)27-17-13-10-14-18-27/h6-7,9,11-12,15-16,24-25,27-29,31-35,44H,1-2,8,10,13-14,17-23H2,3-5H3,(H,41,45)/t25-,28+,29?,31+,32-,33-,34+,35+,39-/m0/s1. The van der Waals surface area contributed by atoms with Gasteiger partial charge in [0.05, 0.1) is 36.6 Å². The number of amides is 3. The molecule has 1 aliphatic carbocycles. The van der Waals surface area contributed by atoms with E-state index in [1.807, 2.05) is 49.1 Å². The minimum Gasteiger partial charge on any atom is -0.455 e. The number of likely N-dealkylation sites (tertiary alicyclic amines) is 1. The third-order valence-corrected chi connectivity index (χ3v) is 11.8. The van der Waals surface area contributed by atoms with Crippen molar-refractivity contribution in [2.45, 2.75) is 125 Å². The van der Waals surface area contributed by atoms with Crippen molar-refractivity contribution in [3.63, 3.8) is 0 Å². The molecule has 2 N–H and O–H groups in total. The molecule has 0 aromatic heterocycles.